The van der Waals surface area contributed by atoms with Crippen LogP contribution in [0.25, 0.3) is 0 Å². The molecule has 0 aliphatic heterocycles. The molecule has 0 fully saturated rings. The van der Waals surface area contributed by atoms with Gasteiger partial charge in [-0.2, -0.15) is 0 Å². The predicted octanol–water partition coefficient (Wildman–Crippen LogP) is 5.08. The van der Waals surface area contributed by atoms with E-state index in [9.17, 15) is 4.39 Å². The lowest BCUT2D eigenvalue weighted by molar-refractivity contribution is 0.597. The molecule has 1 nitrogen and oxygen atoms in total. The molecule has 1 aliphatic carbocycles. The summed E-state index contributed by atoms with van der Waals surface area (Å²) in [6, 6.07) is 14.0. The van der Waals surface area contributed by atoms with Crippen LogP contribution in [0.3, 0.4) is 0 Å². The normalized spacial score (nSPS) is 17.9. The van der Waals surface area contributed by atoms with Gasteiger partial charge in [0.05, 0.1) is 10.5 Å². The van der Waals surface area contributed by atoms with Crippen molar-refractivity contribution < 1.29 is 4.39 Å². The van der Waals surface area contributed by atoms with Gasteiger partial charge in [-0.05, 0) is 64.5 Å². The lowest BCUT2D eigenvalue weighted by Gasteiger charge is -2.27. The lowest BCUT2D eigenvalue weighted by atomic mass is 9.87. The number of hydrogen-bond acceptors (Lipinski definition) is 1. The Morgan fingerprint density at radius 1 is 1.16 bits per heavy atom. The largest absolute Gasteiger partial charge is 0.378 e. The first kappa shape index (κ1) is 12.7. The molecule has 2 aromatic carbocycles. The molecule has 3 rings (SSSR count). The minimum atomic E-state index is -0.228. The van der Waals surface area contributed by atoms with E-state index in [0.717, 1.165) is 18.5 Å². The van der Waals surface area contributed by atoms with Crippen LogP contribution in [0.4, 0.5) is 10.1 Å². The molecule has 0 spiro atoms. The first-order chi connectivity index (χ1) is 9.24. The van der Waals surface area contributed by atoms with Crippen LogP contribution in [-0.4, -0.2) is 0 Å². The Morgan fingerprint density at radius 2 is 2.00 bits per heavy atom. The van der Waals surface area contributed by atoms with Gasteiger partial charge in [0, 0.05) is 5.69 Å². The van der Waals surface area contributed by atoms with E-state index in [4.69, 9.17) is 0 Å². The fraction of sp³-hybridized carbons (Fsp3) is 0.250. The number of aryl methyl sites for hydroxylation is 1. The van der Waals surface area contributed by atoms with Crippen LogP contribution in [0.15, 0.2) is 46.9 Å². The Kier molecular flexibility index (Phi) is 3.56. The van der Waals surface area contributed by atoms with Crippen molar-refractivity contribution in [2.45, 2.75) is 25.3 Å². The monoisotopic (exact) mass is 319 g/mol. The molecule has 0 aromatic heterocycles. The maximum atomic E-state index is 13.5. The molecule has 1 aliphatic rings. The van der Waals surface area contributed by atoms with Crippen LogP contribution in [0.2, 0.25) is 0 Å². The summed E-state index contributed by atoms with van der Waals surface area (Å²) in [5.41, 5.74) is 3.59. The van der Waals surface area contributed by atoms with Crippen molar-refractivity contribution >= 4 is 21.6 Å². The SMILES string of the molecule is Fc1cc(NC2CCCc3ccccc32)ccc1Br. The first-order valence-electron chi connectivity index (χ1n) is 6.53. The topological polar surface area (TPSA) is 12.0 Å². The van der Waals surface area contributed by atoms with E-state index >= 15 is 0 Å². The molecule has 2 aromatic rings. The summed E-state index contributed by atoms with van der Waals surface area (Å²) in [4.78, 5) is 0. The molecule has 1 atom stereocenters. The Labute approximate surface area is 121 Å². The zero-order valence-electron chi connectivity index (χ0n) is 10.5. The third kappa shape index (κ3) is 2.66. The fourth-order valence-corrected chi connectivity index (χ4v) is 2.94. The zero-order chi connectivity index (χ0) is 13.2. The molecule has 19 heavy (non-hydrogen) atoms. The molecule has 0 saturated heterocycles. The van der Waals surface area contributed by atoms with Crippen molar-refractivity contribution in [1.29, 1.82) is 0 Å². The highest BCUT2D eigenvalue weighted by atomic mass is 79.9. The van der Waals surface area contributed by atoms with Gasteiger partial charge in [0.1, 0.15) is 5.82 Å². The van der Waals surface area contributed by atoms with Crippen molar-refractivity contribution in [3.8, 4) is 0 Å². The van der Waals surface area contributed by atoms with Crippen LogP contribution in [0, 0.1) is 5.82 Å². The summed E-state index contributed by atoms with van der Waals surface area (Å²) < 4.78 is 14.0. The quantitative estimate of drug-likeness (QED) is 0.814. The minimum absolute atomic E-state index is 0.228. The van der Waals surface area contributed by atoms with Crippen molar-refractivity contribution in [2.24, 2.45) is 0 Å². The average Bonchev–Trinajstić information content (AvgIpc) is 2.43. The number of rotatable bonds is 2. The van der Waals surface area contributed by atoms with E-state index in [-0.39, 0.29) is 11.9 Å². The van der Waals surface area contributed by atoms with Crippen molar-refractivity contribution in [3.05, 3.63) is 63.9 Å². The van der Waals surface area contributed by atoms with Gasteiger partial charge < -0.3 is 5.32 Å². The van der Waals surface area contributed by atoms with E-state index in [2.05, 4.69) is 45.5 Å². The third-order valence-corrected chi connectivity index (χ3v) is 4.27. The Balaban J connectivity index is 1.86. The number of hydrogen-bond donors (Lipinski definition) is 1. The van der Waals surface area contributed by atoms with E-state index in [1.165, 1.54) is 17.5 Å². The molecule has 1 unspecified atom stereocenters. The third-order valence-electron chi connectivity index (χ3n) is 3.63. The van der Waals surface area contributed by atoms with Crippen molar-refractivity contribution in [1.82, 2.24) is 0 Å². The van der Waals surface area contributed by atoms with E-state index in [1.54, 1.807) is 12.1 Å². The van der Waals surface area contributed by atoms with Crippen LogP contribution < -0.4 is 5.32 Å². The van der Waals surface area contributed by atoms with Crippen LogP contribution in [0.1, 0.15) is 30.0 Å². The molecule has 1 N–H and O–H groups in total. The van der Waals surface area contributed by atoms with Crippen LogP contribution in [-0.2, 0) is 6.42 Å². The number of anilines is 1. The summed E-state index contributed by atoms with van der Waals surface area (Å²) in [7, 11) is 0. The van der Waals surface area contributed by atoms with Gasteiger partial charge in [-0.1, -0.05) is 24.3 Å². The maximum Gasteiger partial charge on any atom is 0.139 e. The summed E-state index contributed by atoms with van der Waals surface area (Å²) in [5.74, 6) is -0.228. The molecule has 0 saturated carbocycles. The Bertz CT molecular complexity index is 597. The predicted molar refractivity (Wildman–Crippen MR) is 79.8 cm³/mol. The number of fused-ring (bicyclic) bond motifs is 1. The molecule has 0 bridgehead atoms. The summed E-state index contributed by atoms with van der Waals surface area (Å²) in [5, 5.41) is 3.44. The second kappa shape index (κ2) is 5.33. The molecular weight excluding hydrogens is 305 g/mol. The molecular formula is C16H15BrFN. The van der Waals surface area contributed by atoms with Crippen LogP contribution in [0.5, 0.6) is 0 Å². The number of benzene rings is 2. The second-order valence-electron chi connectivity index (χ2n) is 4.92. The summed E-state index contributed by atoms with van der Waals surface area (Å²) in [6.07, 6.45) is 3.41. The van der Waals surface area contributed by atoms with Gasteiger partial charge >= 0.3 is 0 Å². The van der Waals surface area contributed by atoms with Crippen molar-refractivity contribution in [3.63, 3.8) is 0 Å². The lowest BCUT2D eigenvalue weighted by Crippen LogP contribution is -2.17. The van der Waals surface area contributed by atoms with E-state index < -0.39 is 0 Å². The Morgan fingerprint density at radius 3 is 2.84 bits per heavy atom. The first-order valence-corrected chi connectivity index (χ1v) is 7.33. The van der Waals surface area contributed by atoms with Gasteiger partial charge in [0.15, 0.2) is 0 Å². The zero-order valence-corrected chi connectivity index (χ0v) is 12.1. The molecule has 0 heterocycles. The standard InChI is InChI=1S/C16H15BrFN/c17-14-9-8-12(10-15(14)18)19-16-7-3-5-11-4-1-2-6-13(11)16/h1-2,4,6,8-10,16,19H,3,5,7H2. The maximum absolute atomic E-state index is 13.5. The van der Waals surface area contributed by atoms with E-state index in [1.807, 2.05) is 6.07 Å². The van der Waals surface area contributed by atoms with Crippen LogP contribution >= 0.6 is 15.9 Å². The number of halogens is 2. The van der Waals surface area contributed by atoms with Gasteiger partial charge in [-0.3, -0.25) is 0 Å². The molecule has 0 amide bonds. The molecule has 0 radical (unpaired) electrons. The molecule has 3 heteroatoms. The Hall–Kier alpha value is -1.35. The van der Waals surface area contributed by atoms with Gasteiger partial charge in [0.2, 0.25) is 0 Å². The van der Waals surface area contributed by atoms with Crippen molar-refractivity contribution in [2.75, 3.05) is 5.32 Å². The van der Waals surface area contributed by atoms with Gasteiger partial charge in [0.25, 0.3) is 0 Å². The summed E-state index contributed by atoms with van der Waals surface area (Å²) in [6.45, 7) is 0. The highest BCUT2D eigenvalue weighted by Crippen LogP contribution is 2.32. The minimum Gasteiger partial charge on any atom is -0.378 e. The van der Waals surface area contributed by atoms with Gasteiger partial charge in [-0.25, -0.2) is 4.39 Å². The fourth-order valence-electron chi connectivity index (χ4n) is 2.69. The summed E-state index contributed by atoms with van der Waals surface area (Å²) >= 11 is 3.18. The molecule has 98 valence electrons. The van der Waals surface area contributed by atoms with E-state index in [0.29, 0.717) is 4.47 Å². The number of nitrogens with one attached hydrogen (secondary N) is 1. The second-order valence-corrected chi connectivity index (χ2v) is 5.77. The highest BCUT2D eigenvalue weighted by Gasteiger charge is 2.19. The highest BCUT2D eigenvalue weighted by molar-refractivity contribution is 9.10. The van der Waals surface area contributed by atoms with Gasteiger partial charge in [-0.15, -0.1) is 0 Å². The average molecular weight is 320 g/mol. The smallest absolute Gasteiger partial charge is 0.139 e.